The second kappa shape index (κ2) is 12.4. The third kappa shape index (κ3) is 11.4. The van der Waals surface area contributed by atoms with Crippen LogP contribution in [0.2, 0.25) is 0 Å². The van der Waals surface area contributed by atoms with Gasteiger partial charge in [0.25, 0.3) is 0 Å². The topological polar surface area (TPSA) is 56.8 Å². The molecular weight excluding hydrogens is 210 g/mol. The van der Waals surface area contributed by atoms with E-state index < -0.39 is 0 Å². The predicted molar refractivity (Wildman–Crippen MR) is 61.4 cm³/mol. The molecule has 0 atom stereocenters. The van der Waals surface area contributed by atoms with E-state index in [0.29, 0.717) is 52.6 Å². The molecule has 0 aliphatic carbocycles. The van der Waals surface area contributed by atoms with E-state index in [0.717, 1.165) is 0 Å². The highest BCUT2D eigenvalue weighted by Crippen LogP contribution is 1.85. The van der Waals surface area contributed by atoms with Gasteiger partial charge in [-0.05, 0) is 13.8 Å². The van der Waals surface area contributed by atoms with Gasteiger partial charge in [0.1, 0.15) is 0 Å². The number of carbonyl (C=O) groups excluding carboxylic acids is 1. The molecule has 5 heteroatoms. The minimum atomic E-state index is 0.0276. The second-order valence-electron chi connectivity index (χ2n) is 3.13. The lowest BCUT2D eigenvalue weighted by atomic mass is 10.4. The van der Waals surface area contributed by atoms with E-state index in [2.05, 4.69) is 5.32 Å². The Hall–Kier alpha value is -0.650. The largest absolute Gasteiger partial charge is 0.379 e. The maximum absolute atomic E-state index is 11.0. The molecule has 0 bridgehead atoms. The molecule has 0 spiro atoms. The average molecular weight is 233 g/mol. The van der Waals surface area contributed by atoms with Crippen LogP contribution in [-0.2, 0) is 19.0 Å². The third-order valence-electron chi connectivity index (χ3n) is 1.80. The molecule has 0 saturated carbocycles. The molecule has 0 fully saturated rings. The maximum Gasteiger partial charge on any atom is 0.222 e. The van der Waals surface area contributed by atoms with Crippen LogP contribution >= 0.6 is 0 Å². The van der Waals surface area contributed by atoms with Crippen LogP contribution in [0.1, 0.15) is 20.3 Å². The molecule has 0 unspecified atom stereocenters. The van der Waals surface area contributed by atoms with Gasteiger partial charge in [-0.3, -0.25) is 4.79 Å². The lowest BCUT2D eigenvalue weighted by Crippen LogP contribution is -2.24. The predicted octanol–water partition coefficient (Wildman–Crippen LogP) is 0.582. The Labute approximate surface area is 97.4 Å². The summed E-state index contributed by atoms with van der Waals surface area (Å²) in [6.45, 7) is 7.94. The van der Waals surface area contributed by atoms with Gasteiger partial charge in [-0.2, -0.15) is 0 Å². The molecule has 5 nitrogen and oxygen atoms in total. The van der Waals surface area contributed by atoms with Crippen molar-refractivity contribution >= 4 is 5.91 Å². The van der Waals surface area contributed by atoms with Crippen LogP contribution < -0.4 is 5.32 Å². The molecule has 0 aromatic carbocycles. The van der Waals surface area contributed by atoms with E-state index in [1.807, 2.05) is 13.8 Å². The Morgan fingerprint density at radius 3 is 2.06 bits per heavy atom. The molecule has 1 N–H and O–H groups in total. The van der Waals surface area contributed by atoms with Crippen molar-refractivity contribution in [3.8, 4) is 0 Å². The van der Waals surface area contributed by atoms with Crippen molar-refractivity contribution in [2.75, 3.05) is 46.2 Å². The summed E-state index contributed by atoms with van der Waals surface area (Å²) in [5.74, 6) is 0.0276. The molecule has 0 aliphatic rings. The SMILES string of the molecule is CCNC(=O)CCOCCOCCOCC. The molecule has 0 aromatic heterocycles. The number of carbonyl (C=O) groups is 1. The number of amides is 1. The van der Waals surface area contributed by atoms with E-state index >= 15 is 0 Å². The number of ether oxygens (including phenoxy) is 3. The highest BCUT2D eigenvalue weighted by molar-refractivity contribution is 5.75. The van der Waals surface area contributed by atoms with Crippen molar-refractivity contribution in [1.82, 2.24) is 5.32 Å². The van der Waals surface area contributed by atoms with Gasteiger partial charge in [0, 0.05) is 19.6 Å². The van der Waals surface area contributed by atoms with Crippen LogP contribution in [0.5, 0.6) is 0 Å². The molecule has 0 saturated heterocycles. The van der Waals surface area contributed by atoms with Crippen LogP contribution in [-0.4, -0.2) is 52.1 Å². The smallest absolute Gasteiger partial charge is 0.222 e. The van der Waals surface area contributed by atoms with Crippen molar-refractivity contribution in [1.29, 1.82) is 0 Å². The summed E-state index contributed by atoms with van der Waals surface area (Å²) in [5.41, 5.74) is 0. The van der Waals surface area contributed by atoms with E-state index in [1.165, 1.54) is 0 Å². The molecule has 0 rings (SSSR count). The van der Waals surface area contributed by atoms with E-state index in [9.17, 15) is 4.79 Å². The first-order valence-corrected chi connectivity index (χ1v) is 5.81. The quantitative estimate of drug-likeness (QED) is 0.530. The lowest BCUT2D eigenvalue weighted by molar-refractivity contribution is -0.122. The Kier molecular flexibility index (Phi) is 11.9. The van der Waals surface area contributed by atoms with Crippen LogP contribution in [0.4, 0.5) is 0 Å². The van der Waals surface area contributed by atoms with Gasteiger partial charge in [-0.1, -0.05) is 0 Å². The fourth-order valence-electron chi connectivity index (χ4n) is 1.03. The first kappa shape index (κ1) is 15.3. The van der Waals surface area contributed by atoms with Crippen molar-refractivity contribution in [3.63, 3.8) is 0 Å². The van der Waals surface area contributed by atoms with Crippen molar-refractivity contribution in [3.05, 3.63) is 0 Å². The van der Waals surface area contributed by atoms with Gasteiger partial charge in [0.2, 0.25) is 5.91 Å². The Bertz CT molecular complexity index is 164. The Morgan fingerprint density at radius 1 is 0.938 bits per heavy atom. The van der Waals surface area contributed by atoms with Crippen molar-refractivity contribution in [2.24, 2.45) is 0 Å². The van der Waals surface area contributed by atoms with E-state index in [4.69, 9.17) is 14.2 Å². The first-order chi connectivity index (χ1) is 7.81. The van der Waals surface area contributed by atoms with Gasteiger partial charge in [0.15, 0.2) is 0 Å². The first-order valence-electron chi connectivity index (χ1n) is 5.81. The standard InChI is InChI=1S/C11H23NO4/c1-3-12-11(13)5-6-15-9-10-16-8-7-14-4-2/h3-10H2,1-2H3,(H,12,13). The zero-order valence-electron chi connectivity index (χ0n) is 10.3. The minimum absolute atomic E-state index is 0.0276. The van der Waals surface area contributed by atoms with Crippen LogP contribution in [0, 0.1) is 0 Å². The molecule has 16 heavy (non-hydrogen) atoms. The zero-order chi connectivity index (χ0) is 12.1. The number of nitrogens with one attached hydrogen (secondary N) is 1. The average Bonchev–Trinajstić information content (AvgIpc) is 2.27. The molecule has 1 amide bonds. The van der Waals surface area contributed by atoms with Gasteiger partial charge < -0.3 is 19.5 Å². The van der Waals surface area contributed by atoms with Crippen LogP contribution in [0.15, 0.2) is 0 Å². The maximum atomic E-state index is 11.0. The van der Waals surface area contributed by atoms with Crippen molar-refractivity contribution < 1.29 is 19.0 Å². The fraction of sp³-hybridized carbons (Fsp3) is 0.909. The van der Waals surface area contributed by atoms with Gasteiger partial charge in [0.05, 0.1) is 33.0 Å². The summed E-state index contributed by atoms with van der Waals surface area (Å²) in [6, 6.07) is 0. The lowest BCUT2D eigenvalue weighted by Gasteiger charge is -2.06. The second-order valence-corrected chi connectivity index (χ2v) is 3.13. The highest BCUT2D eigenvalue weighted by Gasteiger charge is 1.98. The van der Waals surface area contributed by atoms with Gasteiger partial charge in [-0.25, -0.2) is 0 Å². The summed E-state index contributed by atoms with van der Waals surface area (Å²) in [5, 5.41) is 2.70. The summed E-state index contributed by atoms with van der Waals surface area (Å²) < 4.78 is 15.6. The van der Waals surface area contributed by atoms with E-state index in [-0.39, 0.29) is 5.91 Å². The summed E-state index contributed by atoms with van der Waals surface area (Å²) >= 11 is 0. The van der Waals surface area contributed by atoms with Crippen molar-refractivity contribution in [2.45, 2.75) is 20.3 Å². The normalized spacial score (nSPS) is 10.4. The molecule has 0 aromatic rings. The van der Waals surface area contributed by atoms with Crippen LogP contribution in [0.3, 0.4) is 0 Å². The van der Waals surface area contributed by atoms with Crippen LogP contribution in [0.25, 0.3) is 0 Å². The molecule has 0 heterocycles. The Morgan fingerprint density at radius 2 is 1.50 bits per heavy atom. The number of hydrogen-bond donors (Lipinski definition) is 1. The molecule has 0 radical (unpaired) electrons. The molecule has 0 aliphatic heterocycles. The highest BCUT2D eigenvalue weighted by atomic mass is 16.5. The third-order valence-corrected chi connectivity index (χ3v) is 1.80. The van der Waals surface area contributed by atoms with Gasteiger partial charge >= 0.3 is 0 Å². The summed E-state index contributed by atoms with van der Waals surface area (Å²) in [6.07, 6.45) is 0.410. The number of rotatable bonds is 11. The molecular formula is C11H23NO4. The van der Waals surface area contributed by atoms with E-state index in [1.54, 1.807) is 0 Å². The summed E-state index contributed by atoms with van der Waals surface area (Å²) in [4.78, 5) is 11.0. The number of hydrogen-bond acceptors (Lipinski definition) is 4. The monoisotopic (exact) mass is 233 g/mol. The molecule has 96 valence electrons. The Balaban J connectivity index is 3.01. The van der Waals surface area contributed by atoms with Gasteiger partial charge in [-0.15, -0.1) is 0 Å². The zero-order valence-corrected chi connectivity index (χ0v) is 10.3. The minimum Gasteiger partial charge on any atom is -0.379 e. The fourth-order valence-corrected chi connectivity index (χ4v) is 1.03. The summed E-state index contributed by atoms with van der Waals surface area (Å²) in [7, 11) is 0.